The lowest BCUT2D eigenvalue weighted by atomic mass is 10.1. The Balaban J connectivity index is 2.08. The number of fused-ring (bicyclic) bond motifs is 1. The lowest BCUT2D eigenvalue weighted by molar-refractivity contribution is 0.475. The third-order valence-electron chi connectivity index (χ3n) is 3.18. The summed E-state index contributed by atoms with van der Waals surface area (Å²) in [5, 5.41) is 10.1. The smallest absolute Gasteiger partial charge is 0.345 e. The minimum atomic E-state index is -0.409. The molecule has 0 bridgehead atoms. The average molecular weight is 279 g/mol. The largest absolute Gasteiger partial charge is 0.508 e. The molecule has 0 aliphatic rings. The summed E-state index contributed by atoms with van der Waals surface area (Å²) in [6.07, 6.45) is 0. The van der Waals surface area contributed by atoms with Crippen LogP contribution in [0.25, 0.3) is 11.0 Å². The SMILES string of the molecule is CC(=Nc1ccc(O)cc1)c1cc2ccccc2oc1=O. The van der Waals surface area contributed by atoms with Crippen LogP contribution in [-0.4, -0.2) is 10.8 Å². The molecule has 0 saturated carbocycles. The van der Waals surface area contributed by atoms with E-state index in [1.165, 1.54) is 0 Å². The van der Waals surface area contributed by atoms with E-state index in [0.29, 0.717) is 22.5 Å². The molecule has 1 N–H and O–H groups in total. The van der Waals surface area contributed by atoms with Gasteiger partial charge in [0.1, 0.15) is 11.3 Å². The zero-order valence-electron chi connectivity index (χ0n) is 11.4. The molecule has 0 fully saturated rings. The second kappa shape index (κ2) is 5.25. The second-order valence-electron chi connectivity index (χ2n) is 4.70. The van der Waals surface area contributed by atoms with Gasteiger partial charge in [0.15, 0.2) is 0 Å². The van der Waals surface area contributed by atoms with Crippen LogP contribution in [-0.2, 0) is 0 Å². The fourth-order valence-corrected chi connectivity index (χ4v) is 2.10. The number of rotatable bonds is 2. The van der Waals surface area contributed by atoms with Crippen molar-refractivity contribution in [1.82, 2.24) is 0 Å². The van der Waals surface area contributed by atoms with E-state index < -0.39 is 5.63 Å². The Morgan fingerprint density at radius 3 is 2.57 bits per heavy atom. The number of aromatic hydroxyl groups is 1. The molecule has 0 aliphatic carbocycles. The van der Waals surface area contributed by atoms with Crippen molar-refractivity contribution >= 4 is 22.4 Å². The number of hydrogen-bond donors (Lipinski definition) is 1. The second-order valence-corrected chi connectivity index (χ2v) is 4.70. The summed E-state index contributed by atoms with van der Waals surface area (Å²) in [7, 11) is 0. The molecule has 1 heterocycles. The van der Waals surface area contributed by atoms with Gasteiger partial charge in [0.2, 0.25) is 0 Å². The van der Waals surface area contributed by atoms with E-state index in [4.69, 9.17) is 4.42 Å². The highest BCUT2D eigenvalue weighted by Gasteiger charge is 2.08. The van der Waals surface area contributed by atoms with Crippen molar-refractivity contribution in [2.24, 2.45) is 4.99 Å². The van der Waals surface area contributed by atoms with Gasteiger partial charge in [0, 0.05) is 5.39 Å². The molecule has 3 rings (SSSR count). The van der Waals surface area contributed by atoms with Crippen molar-refractivity contribution in [1.29, 1.82) is 0 Å². The molecule has 0 spiro atoms. The Labute approximate surface area is 121 Å². The standard InChI is InChI=1S/C17H13NO3/c1-11(18-13-6-8-14(19)9-7-13)15-10-12-4-2-3-5-16(12)21-17(15)20/h2-10,19H,1H3. The molecule has 104 valence electrons. The third kappa shape index (κ3) is 2.69. The number of hydrogen-bond acceptors (Lipinski definition) is 4. The summed E-state index contributed by atoms with van der Waals surface area (Å²) in [6.45, 7) is 1.76. The van der Waals surface area contributed by atoms with Crippen molar-refractivity contribution in [2.75, 3.05) is 0 Å². The molecule has 4 heteroatoms. The van der Waals surface area contributed by atoms with E-state index in [1.807, 2.05) is 18.2 Å². The molecule has 0 atom stereocenters. The Hall–Kier alpha value is -2.88. The summed E-state index contributed by atoms with van der Waals surface area (Å²) in [5.74, 6) is 0.178. The monoisotopic (exact) mass is 279 g/mol. The first-order valence-corrected chi connectivity index (χ1v) is 6.51. The van der Waals surface area contributed by atoms with Gasteiger partial charge in [0.25, 0.3) is 0 Å². The van der Waals surface area contributed by atoms with Crippen LogP contribution >= 0.6 is 0 Å². The van der Waals surface area contributed by atoms with E-state index in [-0.39, 0.29) is 5.75 Å². The molecule has 2 aromatic carbocycles. The minimum absolute atomic E-state index is 0.178. The average Bonchev–Trinajstić information content (AvgIpc) is 2.49. The number of nitrogens with zero attached hydrogens (tertiary/aromatic N) is 1. The molecular weight excluding hydrogens is 266 g/mol. The summed E-state index contributed by atoms with van der Waals surface area (Å²) in [5.41, 5.74) is 1.82. The first kappa shape index (κ1) is 13.1. The predicted octanol–water partition coefficient (Wildman–Crippen LogP) is 3.64. The first-order chi connectivity index (χ1) is 10.1. The van der Waals surface area contributed by atoms with Gasteiger partial charge in [-0.25, -0.2) is 4.79 Å². The maximum atomic E-state index is 12.0. The Morgan fingerprint density at radius 2 is 1.81 bits per heavy atom. The highest BCUT2D eigenvalue weighted by atomic mass is 16.4. The van der Waals surface area contributed by atoms with Gasteiger partial charge in [-0.3, -0.25) is 4.99 Å². The minimum Gasteiger partial charge on any atom is -0.508 e. The molecule has 0 saturated heterocycles. The van der Waals surface area contributed by atoms with Crippen molar-refractivity contribution in [3.63, 3.8) is 0 Å². The Morgan fingerprint density at radius 1 is 1.10 bits per heavy atom. The van der Waals surface area contributed by atoms with Crippen LogP contribution in [0.5, 0.6) is 5.75 Å². The number of phenols is 1. The molecule has 0 radical (unpaired) electrons. The number of benzene rings is 2. The van der Waals surface area contributed by atoms with E-state index in [0.717, 1.165) is 5.39 Å². The van der Waals surface area contributed by atoms with Crippen LogP contribution in [0.15, 0.2) is 68.8 Å². The fraction of sp³-hybridized carbons (Fsp3) is 0.0588. The van der Waals surface area contributed by atoms with Gasteiger partial charge < -0.3 is 9.52 Å². The lowest BCUT2D eigenvalue weighted by Gasteiger charge is -2.02. The Bertz CT molecular complexity index is 876. The van der Waals surface area contributed by atoms with Gasteiger partial charge in [-0.15, -0.1) is 0 Å². The number of aliphatic imine (C=N–C) groups is 1. The number of para-hydroxylation sites is 1. The van der Waals surface area contributed by atoms with Crippen LogP contribution in [0, 0.1) is 0 Å². The van der Waals surface area contributed by atoms with Crippen LogP contribution < -0.4 is 5.63 Å². The quantitative estimate of drug-likeness (QED) is 0.575. The van der Waals surface area contributed by atoms with Crippen molar-refractivity contribution in [2.45, 2.75) is 6.92 Å². The highest BCUT2D eigenvalue weighted by molar-refractivity contribution is 6.01. The third-order valence-corrected chi connectivity index (χ3v) is 3.18. The van der Waals surface area contributed by atoms with E-state index >= 15 is 0 Å². The predicted molar refractivity (Wildman–Crippen MR) is 82.5 cm³/mol. The van der Waals surface area contributed by atoms with Crippen molar-refractivity contribution in [3.8, 4) is 5.75 Å². The van der Waals surface area contributed by atoms with E-state index in [2.05, 4.69) is 4.99 Å². The molecule has 21 heavy (non-hydrogen) atoms. The maximum absolute atomic E-state index is 12.0. The van der Waals surface area contributed by atoms with Crippen molar-refractivity contribution in [3.05, 3.63) is 70.6 Å². The molecule has 0 amide bonds. The zero-order valence-corrected chi connectivity index (χ0v) is 11.4. The molecule has 1 aromatic heterocycles. The topological polar surface area (TPSA) is 62.8 Å². The van der Waals surface area contributed by atoms with Gasteiger partial charge in [-0.05, 0) is 43.3 Å². The Kier molecular flexibility index (Phi) is 3.28. The molecule has 4 nitrogen and oxygen atoms in total. The van der Waals surface area contributed by atoms with Gasteiger partial charge in [-0.1, -0.05) is 18.2 Å². The molecule has 0 aliphatic heterocycles. The van der Waals surface area contributed by atoms with Crippen LogP contribution in [0.2, 0.25) is 0 Å². The van der Waals surface area contributed by atoms with Crippen LogP contribution in [0.4, 0.5) is 5.69 Å². The molecule has 0 unspecified atom stereocenters. The normalized spacial score (nSPS) is 11.8. The van der Waals surface area contributed by atoms with Gasteiger partial charge in [0.05, 0.1) is 17.0 Å². The molecular formula is C17H13NO3. The highest BCUT2D eigenvalue weighted by Crippen LogP contribution is 2.19. The summed E-state index contributed by atoms with van der Waals surface area (Å²) >= 11 is 0. The number of phenolic OH excluding ortho intramolecular Hbond substituents is 1. The van der Waals surface area contributed by atoms with Crippen LogP contribution in [0.3, 0.4) is 0 Å². The fourth-order valence-electron chi connectivity index (χ4n) is 2.10. The van der Waals surface area contributed by atoms with E-state index in [9.17, 15) is 9.90 Å². The summed E-state index contributed by atoms with van der Waals surface area (Å²) in [4.78, 5) is 16.4. The van der Waals surface area contributed by atoms with Crippen LogP contribution in [0.1, 0.15) is 12.5 Å². The molecule has 3 aromatic rings. The van der Waals surface area contributed by atoms with Gasteiger partial charge in [-0.2, -0.15) is 0 Å². The van der Waals surface area contributed by atoms with Crippen molar-refractivity contribution < 1.29 is 9.52 Å². The van der Waals surface area contributed by atoms with Gasteiger partial charge >= 0.3 is 5.63 Å². The van der Waals surface area contributed by atoms with E-state index in [1.54, 1.807) is 43.3 Å². The summed E-state index contributed by atoms with van der Waals surface area (Å²) in [6, 6.07) is 15.6. The summed E-state index contributed by atoms with van der Waals surface area (Å²) < 4.78 is 5.29. The zero-order chi connectivity index (χ0) is 14.8. The lowest BCUT2D eigenvalue weighted by Crippen LogP contribution is -2.11. The maximum Gasteiger partial charge on any atom is 0.345 e. The first-order valence-electron chi connectivity index (χ1n) is 6.51.